The second kappa shape index (κ2) is 32.5. The molecule has 0 aliphatic heterocycles. The summed E-state index contributed by atoms with van der Waals surface area (Å²) in [5, 5.41) is 7.33. The average molecular weight is 1810 g/mol. The first kappa shape index (κ1) is 63.5. The molecule has 24 rings (SSSR count). The topological polar surface area (TPSA) is 93.9 Å². The van der Waals surface area contributed by atoms with E-state index in [4.69, 9.17) is 57.8 Å². The number of fused-ring (bicyclic) bond motifs is 27. The van der Waals surface area contributed by atoms with Gasteiger partial charge in [-0.05, 0) is 216 Å². The van der Waals surface area contributed by atoms with Crippen LogP contribution in [0.1, 0.15) is 257 Å². The maximum absolute atomic E-state index is 9.66. The number of rotatable bonds is 10. The molecule has 136 heavy (non-hydrogen) atoms. The Labute approximate surface area is 837 Å². The van der Waals surface area contributed by atoms with Crippen LogP contribution in [0.3, 0.4) is 0 Å². The fourth-order valence-electron chi connectivity index (χ4n) is 22.7. The summed E-state index contributed by atoms with van der Waals surface area (Å²) in [5.74, 6) is -10.7. The first-order valence-electron chi connectivity index (χ1n) is 59.3. The van der Waals surface area contributed by atoms with Crippen LogP contribution in [0.15, 0.2) is 261 Å². The summed E-state index contributed by atoms with van der Waals surface area (Å²) in [4.78, 5) is 9.46. The Morgan fingerprint density at radius 2 is 0.809 bits per heavy atom. The smallest absolute Gasteiger partial charge is 0.227 e. The van der Waals surface area contributed by atoms with E-state index < -0.39 is 88.5 Å². The third-order valence-electron chi connectivity index (χ3n) is 29.1. The van der Waals surface area contributed by atoms with Gasteiger partial charge in [-0.25, -0.2) is 28.2 Å². The molecular weight excluding hydrogens is 1660 g/mol. The zero-order valence-corrected chi connectivity index (χ0v) is 80.4. The molecule has 0 fully saturated rings. The number of hydrogen-bond acceptors (Lipinski definition) is 6. The van der Waals surface area contributed by atoms with Gasteiger partial charge in [0.2, 0.25) is 34.2 Å². The third-order valence-corrected chi connectivity index (χ3v) is 29.1. The zero-order chi connectivity index (χ0) is 118. The van der Waals surface area contributed by atoms with Crippen molar-refractivity contribution in [3.05, 3.63) is 344 Å². The van der Waals surface area contributed by atoms with E-state index in [1.165, 1.54) is 171 Å². The van der Waals surface area contributed by atoms with Crippen LogP contribution in [0, 0.1) is 67.0 Å². The van der Waals surface area contributed by atoms with E-state index in [1.54, 1.807) is 43.8 Å². The van der Waals surface area contributed by atoms with Crippen molar-refractivity contribution in [3.8, 4) is 89.5 Å². The van der Waals surface area contributed by atoms with Gasteiger partial charge < -0.3 is 17.7 Å². The largest absolute Gasteiger partial charge is 0.455 e. The molecule has 0 radical (unpaired) electrons. The Kier molecular flexibility index (Phi) is 15.2. The molecule has 0 amide bonds. The quantitative estimate of drug-likeness (QED) is 0.127. The monoisotopic (exact) mass is 1810 g/mol. The first-order valence-corrected chi connectivity index (χ1v) is 46.3. The zero-order valence-electron chi connectivity index (χ0n) is 106. The SMILES string of the molecule is Cc1cc(C)c2c(oc3c4c(ccc32)-c2ccccc2C4(C)C)c1-c1cccc[n+]1C.Cc1ccc2c(c1)-c1c(ccc3c1oc1c(-c4cccc[n+]4C)c(C)ccc13)C2(C)C.[2H]C([2H])([2H])c1cc(-c2c(C)ccc3c2oc2nc4c(cc23)-c2ccccc2C4(C([2H])([2H])C([2H])(C)C([2H])([2H])[2H])C([2H])([2H])C([2H])(C)C([2H])([2H])[2H])[n+](C)cc1C([2H])(C)C([2H])([2H])[2H].[2H]C([2H])([2H])c1cc(-c2c(C)ccc3c2oc2ncc4c(c23)C(C)(C)c2ccccc2-4)[n+](C)cc1C([2H])(C)C([2H])([2H])[2H]. The number of benzene rings is 10. The van der Waals surface area contributed by atoms with E-state index in [1.807, 2.05) is 37.4 Å². The van der Waals surface area contributed by atoms with Crippen molar-refractivity contribution in [1.82, 2.24) is 9.97 Å². The summed E-state index contributed by atoms with van der Waals surface area (Å²) in [5.41, 5.74) is 28.4. The average Bonchev–Trinajstić information content (AvgIpc) is 1.45. The van der Waals surface area contributed by atoms with Crippen molar-refractivity contribution in [3.63, 3.8) is 0 Å². The maximum atomic E-state index is 9.66. The molecule has 4 unspecified atom stereocenters. The van der Waals surface area contributed by atoms with Crippen molar-refractivity contribution in [2.24, 2.45) is 40.0 Å². The Bertz CT molecular complexity index is 9640. The van der Waals surface area contributed by atoms with Gasteiger partial charge in [0, 0.05) is 171 Å². The van der Waals surface area contributed by atoms with E-state index in [0.717, 1.165) is 81.8 Å². The predicted octanol–water partition coefficient (Wildman–Crippen LogP) is 31.1. The summed E-state index contributed by atoms with van der Waals surface area (Å²) in [6.45, 7) is 12.0. The molecule has 10 heterocycles. The molecular formula is C126H126N6O4+4. The second-order valence-electron chi connectivity index (χ2n) is 39.2. The van der Waals surface area contributed by atoms with Gasteiger partial charge in [-0.15, -0.1) is 0 Å². The highest BCUT2D eigenvalue weighted by molar-refractivity contribution is 6.18. The number of nitrogens with zero attached hydrogens (tertiary/aromatic N) is 6. The normalized spacial score (nSPS) is 20.2. The van der Waals surface area contributed by atoms with Gasteiger partial charge in [-0.1, -0.05) is 254 Å². The highest BCUT2D eigenvalue weighted by Crippen LogP contribution is 2.60. The highest BCUT2D eigenvalue weighted by atomic mass is 16.3. The molecule has 10 aromatic heterocycles. The first-order chi connectivity index (χ1) is 75.2. The van der Waals surface area contributed by atoms with Crippen LogP contribution in [0.2, 0.25) is 0 Å². The molecule has 0 spiro atoms. The van der Waals surface area contributed by atoms with Gasteiger partial charge in [-0.2, -0.15) is 0 Å². The Balaban J connectivity index is 0.000000128. The summed E-state index contributed by atoms with van der Waals surface area (Å²) in [7, 11) is 7.47. The van der Waals surface area contributed by atoms with E-state index >= 15 is 0 Å². The lowest BCUT2D eigenvalue weighted by Gasteiger charge is -2.34. The van der Waals surface area contributed by atoms with Gasteiger partial charge in [0.1, 0.15) is 50.5 Å². The van der Waals surface area contributed by atoms with Crippen LogP contribution in [-0.2, 0) is 49.9 Å². The summed E-state index contributed by atoms with van der Waals surface area (Å²) in [6.07, 6.45) is 1.75. The number of aromatic nitrogens is 6. The van der Waals surface area contributed by atoms with Gasteiger partial charge in [-0.3, -0.25) is 0 Å². The number of furan rings is 4. The molecule has 4 aliphatic rings. The van der Waals surface area contributed by atoms with Crippen LogP contribution in [0.25, 0.3) is 178 Å². The summed E-state index contributed by atoms with van der Waals surface area (Å²) >= 11 is 0. The Morgan fingerprint density at radius 1 is 0.346 bits per heavy atom. The van der Waals surface area contributed by atoms with Crippen LogP contribution in [0.5, 0.6) is 0 Å². The minimum absolute atomic E-state index is 0.0316. The van der Waals surface area contributed by atoms with Crippen LogP contribution < -0.4 is 18.3 Å². The lowest BCUT2D eigenvalue weighted by atomic mass is 9.69. The molecule has 4 atom stereocenters. The molecule has 4 aliphatic carbocycles. The summed E-state index contributed by atoms with van der Waals surface area (Å²) in [6, 6.07) is 70.0. The van der Waals surface area contributed by atoms with E-state index in [0.29, 0.717) is 44.5 Å². The lowest BCUT2D eigenvalue weighted by molar-refractivity contribution is -0.661. The highest BCUT2D eigenvalue weighted by Gasteiger charge is 2.48. The van der Waals surface area contributed by atoms with Crippen molar-refractivity contribution in [2.75, 3.05) is 0 Å². The molecule has 0 saturated carbocycles. The van der Waals surface area contributed by atoms with Crippen molar-refractivity contribution in [2.45, 2.75) is 198 Å². The molecule has 10 aromatic carbocycles. The molecule has 10 nitrogen and oxygen atoms in total. The molecule has 0 bridgehead atoms. The van der Waals surface area contributed by atoms with E-state index in [-0.39, 0.29) is 72.2 Å². The van der Waals surface area contributed by atoms with Gasteiger partial charge in [0.05, 0.1) is 33.3 Å². The molecule has 680 valence electrons. The van der Waals surface area contributed by atoms with Crippen LogP contribution >= 0.6 is 0 Å². The van der Waals surface area contributed by atoms with Crippen LogP contribution in [0.4, 0.5) is 0 Å². The fraction of sp³-hybridized carbons (Fsp3) is 0.286. The van der Waals surface area contributed by atoms with Crippen molar-refractivity contribution >= 4 is 88.0 Å². The Morgan fingerprint density at radius 3 is 1.39 bits per heavy atom. The maximum Gasteiger partial charge on any atom is 0.227 e. The van der Waals surface area contributed by atoms with Crippen molar-refractivity contribution in [1.29, 1.82) is 0 Å². The molecule has 10 heteroatoms. The molecule has 0 saturated heterocycles. The standard InChI is InChI=1S/C37H43N2O.C31H31N2O.2C29H26NO/c1-21(2)18-37(19-22(3)4)31-13-11-10-12-26(31)28-17-29-27-15-14-24(7)33(34(27)40-36(29)38-35(28)37)32-16-25(8)30(23(5)6)20-39(32)9;1-17(2)23-16-33(7)25(14-19(23)4)26-18(3)12-13-21-27-28-22(15-32-30(27)34-29(21)26)20-10-8-9-11-24(20)31(28,5)6;1-17-16-18(2)25(23-12-8-9-15-30(23)5)28-24(17)21-14-13-20-19-10-6-7-11-22(19)29(3,4)26(20)27(21)31-28;1-17-9-13-22-21(16-17)26-23(29(22,3)4)14-12-20-19-11-10-18(2)25(27(19)31-28(20)26)24-8-6-7-15-30(24)5/h10-17,20-23H,18-19H2,1-9H3;8-17H,1-7H3;2*6-16H,1-5H3/q4*+1/i1D3,3D3,5D3,8D3,18D2,19D2,21D,22D,23D;1D3,4D3,17D;;. The van der Waals surface area contributed by atoms with Gasteiger partial charge in [0.25, 0.3) is 0 Å². The summed E-state index contributed by atoms with van der Waals surface area (Å²) < 4.78 is 256. The van der Waals surface area contributed by atoms with E-state index in [9.17, 15) is 5.48 Å². The minimum Gasteiger partial charge on any atom is -0.455 e. The molecule has 20 aromatic rings. The minimum atomic E-state index is -3.53. The second-order valence-corrected chi connectivity index (χ2v) is 39.2. The van der Waals surface area contributed by atoms with E-state index in [2.05, 4.69) is 238 Å². The lowest BCUT2D eigenvalue weighted by Crippen LogP contribution is -2.32. The van der Waals surface area contributed by atoms with Crippen molar-refractivity contribution < 1.29 is 71.6 Å². The van der Waals surface area contributed by atoms with Crippen LogP contribution in [-0.4, -0.2) is 9.97 Å². The third kappa shape index (κ3) is 13.6. The number of pyridine rings is 6. The Hall–Kier alpha value is -13.7. The van der Waals surface area contributed by atoms with Gasteiger partial charge >= 0.3 is 0 Å². The van der Waals surface area contributed by atoms with Gasteiger partial charge in [0.15, 0.2) is 36.0 Å². The molecule has 0 N–H and O–H groups in total. The fourth-order valence-corrected chi connectivity index (χ4v) is 22.7. The predicted molar refractivity (Wildman–Crippen MR) is 561 cm³/mol. The number of hydrogen-bond donors (Lipinski definition) is 0. The number of aryl methyl sites for hydroxylation is 12.